The minimum Gasteiger partial charge on any atom is -0.478 e. The number of carbonyl (C=O) groups excluding carboxylic acids is 1. The van der Waals surface area contributed by atoms with Gasteiger partial charge in [0.15, 0.2) is 0 Å². The van der Waals surface area contributed by atoms with Crippen molar-refractivity contribution in [3.8, 4) is 0 Å². The van der Waals surface area contributed by atoms with E-state index in [0.717, 1.165) is 6.42 Å². The van der Waals surface area contributed by atoms with Crippen LogP contribution in [0.1, 0.15) is 59.0 Å². The lowest BCUT2D eigenvalue weighted by atomic mass is 9.93. The van der Waals surface area contributed by atoms with Crippen LogP contribution in [0.15, 0.2) is 12.1 Å². The van der Waals surface area contributed by atoms with Crippen LogP contribution in [0.4, 0.5) is 0 Å². The van der Waals surface area contributed by atoms with Gasteiger partial charge in [-0.1, -0.05) is 19.1 Å². The Morgan fingerprint density at radius 1 is 1.15 bits per heavy atom. The monoisotopic (exact) mass is 277 g/mol. The molecule has 0 spiro atoms. The first-order chi connectivity index (χ1) is 9.13. The Kier molecular flexibility index (Phi) is 4.58. The number of carboxylic acid groups (broad SMARTS) is 1. The first-order valence-corrected chi connectivity index (χ1v) is 6.75. The topological polar surface area (TPSA) is 57.6 Å². The molecule has 4 heteroatoms. The van der Waals surface area contributed by atoms with Gasteiger partial charge >= 0.3 is 5.97 Å². The first kappa shape index (κ1) is 16.2. The number of benzene rings is 1. The fraction of sp³-hybridized carbons (Fsp3) is 0.500. The highest BCUT2D eigenvalue weighted by Crippen LogP contribution is 2.25. The number of hydrogen-bond acceptors (Lipinski definition) is 2. The molecule has 0 heterocycles. The average molecular weight is 277 g/mol. The molecular weight excluding hydrogens is 254 g/mol. The molecule has 1 N–H and O–H groups in total. The van der Waals surface area contributed by atoms with Crippen LogP contribution in [0.3, 0.4) is 0 Å². The normalized spacial score (nSPS) is 11.3. The summed E-state index contributed by atoms with van der Waals surface area (Å²) in [5.41, 5.74) is 1.38. The van der Waals surface area contributed by atoms with Crippen LogP contribution in [0, 0.1) is 13.8 Å². The van der Waals surface area contributed by atoms with E-state index in [9.17, 15) is 14.7 Å². The number of aromatic carboxylic acids is 1. The summed E-state index contributed by atoms with van der Waals surface area (Å²) >= 11 is 0. The Morgan fingerprint density at radius 2 is 1.60 bits per heavy atom. The van der Waals surface area contributed by atoms with E-state index in [1.165, 1.54) is 0 Å². The van der Waals surface area contributed by atoms with E-state index < -0.39 is 5.97 Å². The lowest BCUT2D eigenvalue weighted by Crippen LogP contribution is -2.45. The number of nitrogens with zero attached hydrogens (tertiary/aromatic N) is 1. The highest BCUT2D eigenvalue weighted by molar-refractivity contribution is 6.06. The summed E-state index contributed by atoms with van der Waals surface area (Å²) in [5.74, 6) is -1.30. The average Bonchev–Trinajstić information content (AvgIpc) is 2.38. The summed E-state index contributed by atoms with van der Waals surface area (Å²) in [6.45, 7) is 9.43. The van der Waals surface area contributed by atoms with Crippen LogP contribution in [-0.2, 0) is 0 Å². The van der Waals surface area contributed by atoms with Gasteiger partial charge in [0.25, 0.3) is 5.91 Å². The standard InChI is InChI=1S/C16H23NO3/c1-7-16(4,5)17(6)14(18)12-10(2)8-9-11(3)13(12)15(19)20/h8-9H,7H2,1-6H3,(H,19,20). The molecule has 0 unspecified atom stereocenters. The van der Waals surface area contributed by atoms with Crippen LogP contribution in [0.25, 0.3) is 0 Å². The van der Waals surface area contributed by atoms with E-state index in [2.05, 4.69) is 0 Å². The van der Waals surface area contributed by atoms with Gasteiger partial charge in [0.05, 0.1) is 11.1 Å². The number of hydrogen-bond donors (Lipinski definition) is 1. The second-order valence-electron chi connectivity index (χ2n) is 5.78. The molecule has 0 aliphatic rings. The fourth-order valence-electron chi connectivity index (χ4n) is 2.04. The third-order valence-corrected chi connectivity index (χ3v) is 4.13. The predicted molar refractivity (Wildman–Crippen MR) is 79.3 cm³/mol. The molecule has 1 aromatic carbocycles. The Hall–Kier alpha value is -1.84. The Labute approximate surface area is 120 Å². The maximum atomic E-state index is 12.7. The van der Waals surface area contributed by atoms with Crippen molar-refractivity contribution in [2.45, 2.75) is 46.6 Å². The summed E-state index contributed by atoms with van der Waals surface area (Å²) in [6.07, 6.45) is 0.794. The molecule has 110 valence electrons. The molecule has 0 atom stereocenters. The molecule has 0 radical (unpaired) electrons. The highest BCUT2D eigenvalue weighted by atomic mass is 16.4. The van der Waals surface area contributed by atoms with Crippen LogP contribution >= 0.6 is 0 Å². The Balaban J connectivity index is 3.43. The van der Waals surface area contributed by atoms with Crippen molar-refractivity contribution in [1.82, 2.24) is 4.90 Å². The van der Waals surface area contributed by atoms with Gasteiger partial charge in [-0.25, -0.2) is 4.79 Å². The van der Waals surface area contributed by atoms with E-state index in [1.54, 1.807) is 37.9 Å². The lowest BCUT2D eigenvalue weighted by molar-refractivity contribution is 0.0599. The predicted octanol–water partition coefficient (Wildman–Crippen LogP) is 3.26. The third kappa shape index (κ3) is 2.84. The van der Waals surface area contributed by atoms with Crippen molar-refractivity contribution in [3.63, 3.8) is 0 Å². The molecule has 0 aliphatic heterocycles. The second kappa shape index (κ2) is 5.65. The summed E-state index contributed by atoms with van der Waals surface area (Å²) < 4.78 is 0. The summed E-state index contributed by atoms with van der Waals surface area (Å²) in [5, 5.41) is 9.39. The molecule has 0 fully saturated rings. The zero-order valence-corrected chi connectivity index (χ0v) is 13.1. The molecule has 0 saturated carbocycles. The summed E-state index contributed by atoms with van der Waals surface area (Å²) in [4.78, 5) is 25.8. The second-order valence-corrected chi connectivity index (χ2v) is 5.78. The van der Waals surface area contributed by atoms with Gasteiger partial charge < -0.3 is 10.0 Å². The van der Waals surface area contributed by atoms with Crippen molar-refractivity contribution in [1.29, 1.82) is 0 Å². The molecule has 0 saturated heterocycles. The molecule has 1 aromatic rings. The van der Waals surface area contributed by atoms with Crippen LogP contribution in [0.2, 0.25) is 0 Å². The van der Waals surface area contributed by atoms with E-state index in [1.807, 2.05) is 20.8 Å². The minimum absolute atomic E-state index is 0.105. The molecule has 0 aromatic heterocycles. The van der Waals surface area contributed by atoms with Crippen LogP contribution < -0.4 is 0 Å². The molecule has 20 heavy (non-hydrogen) atoms. The van der Waals surface area contributed by atoms with Crippen molar-refractivity contribution < 1.29 is 14.7 Å². The third-order valence-electron chi connectivity index (χ3n) is 4.13. The summed E-state index contributed by atoms with van der Waals surface area (Å²) in [6, 6.07) is 3.53. The van der Waals surface area contributed by atoms with Gasteiger partial charge in [-0.3, -0.25) is 4.79 Å². The number of carbonyl (C=O) groups is 2. The maximum absolute atomic E-state index is 12.7. The fourth-order valence-corrected chi connectivity index (χ4v) is 2.04. The zero-order valence-electron chi connectivity index (χ0n) is 13.1. The van der Waals surface area contributed by atoms with E-state index in [4.69, 9.17) is 0 Å². The van der Waals surface area contributed by atoms with Gasteiger partial charge in [0, 0.05) is 12.6 Å². The first-order valence-electron chi connectivity index (χ1n) is 6.75. The number of rotatable bonds is 4. The van der Waals surface area contributed by atoms with E-state index in [0.29, 0.717) is 16.7 Å². The van der Waals surface area contributed by atoms with Crippen molar-refractivity contribution in [2.75, 3.05) is 7.05 Å². The Bertz CT molecular complexity index is 547. The molecule has 0 aliphatic carbocycles. The highest BCUT2D eigenvalue weighted by Gasteiger charge is 2.30. The molecule has 0 bridgehead atoms. The van der Waals surface area contributed by atoms with Gasteiger partial charge in [0.2, 0.25) is 0 Å². The van der Waals surface area contributed by atoms with Crippen molar-refractivity contribution in [3.05, 3.63) is 34.4 Å². The zero-order chi connectivity index (χ0) is 15.7. The Morgan fingerprint density at radius 3 is 2.00 bits per heavy atom. The minimum atomic E-state index is -1.06. The molecule has 1 amide bonds. The lowest BCUT2D eigenvalue weighted by Gasteiger charge is -2.35. The van der Waals surface area contributed by atoms with Crippen molar-refractivity contribution >= 4 is 11.9 Å². The maximum Gasteiger partial charge on any atom is 0.336 e. The van der Waals surface area contributed by atoms with Gasteiger partial charge in [0.1, 0.15) is 0 Å². The quantitative estimate of drug-likeness (QED) is 0.919. The number of amides is 1. The number of aryl methyl sites for hydroxylation is 2. The summed E-state index contributed by atoms with van der Waals surface area (Å²) in [7, 11) is 1.72. The molecule has 1 rings (SSSR count). The van der Waals surface area contributed by atoms with Gasteiger partial charge in [-0.15, -0.1) is 0 Å². The largest absolute Gasteiger partial charge is 0.478 e. The molecular formula is C16H23NO3. The number of carboxylic acids is 1. The van der Waals surface area contributed by atoms with Crippen LogP contribution in [0.5, 0.6) is 0 Å². The van der Waals surface area contributed by atoms with Gasteiger partial charge in [-0.2, -0.15) is 0 Å². The van der Waals surface area contributed by atoms with E-state index >= 15 is 0 Å². The molecule has 4 nitrogen and oxygen atoms in total. The SMILES string of the molecule is CCC(C)(C)N(C)C(=O)c1c(C)ccc(C)c1C(=O)O. The smallest absolute Gasteiger partial charge is 0.336 e. The van der Waals surface area contributed by atoms with Crippen molar-refractivity contribution in [2.24, 2.45) is 0 Å². The van der Waals surface area contributed by atoms with Gasteiger partial charge in [-0.05, 0) is 45.2 Å². The van der Waals surface area contributed by atoms with Crippen LogP contribution in [-0.4, -0.2) is 34.5 Å². The van der Waals surface area contributed by atoms with E-state index in [-0.39, 0.29) is 17.0 Å².